The summed E-state index contributed by atoms with van der Waals surface area (Å²) in [5.41, 5.74) is 2.58. The summed E-state index contributed by atoms with van der Waals surface area (Å²) < 4.78 is 26.7. The first-order valence-corrected chi connectivity index (χ1v) is 8.03. The highest BCUT2D eigenvalue weighted by atomic mass is 19.1. The van der Waals surface area contributed by atoms with E-state index in [1.165, 1.54) is 18.3 Å². The fourth-order valence-corrected chi connectivity index (χ4v) is 2.48. The molecular weight excluding hydrogens is 336 g/mol. The molecule has 0 fully saturated rings. The molecule has 0 aliphatic rings. The molecular formula is C20H17F2N3O. The van der Waals surface area contributed by atoms with E-state index in [4.69, 9.17) is 0 Å². The molecule has 26 heavy (non-hydrogen) atoms. The first-order chi connectivity index (χ1) is 12.5. The molecule has 6 heteroatoms. The number of carbonyl (C=O) groups is 1. The molecule has 1 aromatic heterocycles. The van der Waals surface area contributed by atoms with Crippen molar-refractivity contribution in [2.45, 2.75) is 13.5 Å². The normalized spacial score (nSPS) is 10.4. The van der Waals surface area contributed by atoms with Gasteiger partial charge in [0.05, 0.1) is 5.69 Å². The molecule has 1 amide bonds. The predicted octanol–water partition coefficient (Wildman–Crippen LogP) is 4.34. The zero-order valence-electron chi connectivity index (χ0n) is 14.1. The van der Waals surface area contributed by atoms with Crippen LogP contribution in [0.5, 0.6) is 0 Å². The van der Waals surface area contributed by atoms with Crippen LogP contribution in [-0.2, 0) is 6.54 Å². The Kier molecular flexibility index (Phi) is 5.22. The molecule has 3 aromatic rings. The summed E-state index contributed by atoms with van der Waals surface area (Å²) in [6, 6.07) is 14.1. The number of hydrogen-bond acceptors (Lipinski definition) is 3. The molecule has 0 spiro atoms. The topological polar surface area (TPSA) is 54.0 Å². The van der Waals surface area contributed by atoms with Gasteiger partial charge in [-0.05, 0) is 36.8 Å². The van der Waals surface area contributed by atoms with E-state index < -0.39 is 11.6 Å². The highest BCUT2D eigenvalue weighted by Gasteiger charge is 2.09. The standard InChI is InChI=1S/C20H17F2N3O/c1-13-3-2-4-14(9-13)12-24-20(26)15-7-8-23-19(10-15)25-18-6-5-16(21)11-17(18)22/h2-11H,12H2,1H3,(H,23,25)(H,24,26). The van der Waals surface area contributed by atoms with Crippen molar-refractivity contribution in [3.05, 3.63) is 89.1 Å². The number of nitrogens with zero attached hydrogens (tertiary/aromatic N) is 1. The van der Waals surface area contributed by atoms with E-state index in [0.717, 1.165) is 23.3 Å². The van der Waals surface area contributed by atoms with Gasteiger partial charge in [-0.1, -0.05) is 29.8 Å². The lowest BCUT2D eigenvalue weighted by Crippen LogP contribution is -2.23. The van der Waals surface area contributed by atoms with Gasteiger partial charge in [-0.3, -0.25) is 4.79 Å². The van der Waals surface area contributed by atoms with E-state index in [9.17, 15) is 13.6 Å². The SMILES string of the molecule is Cc1cccc(CNC(=O)c2ccnc(Nc3ccc(F)cc3F)c2)c1. The van der Waals surface area contributed by atoms with E-state index in [1.807, 2.05) is 31.2 Å². The molecule has 0 radical (unpaired) electrons. The zero-order chi connectivity index (χ0) is 18.5. The van der Waals surface area contributed by atoms with Crippen LogP contribution in [0, 0.1) is 18.6 Å². The number of carbonyl (C=O) groups excluding carboxylic acids is 1. The number of halogens is 2. The molecule has 0 aliphatic carbocycles. The van der Waals surface area contributed by atoms with Gasteiger partial charge in [0.1, 0.15) is 17.5 Å². The molecule has 0 bridgehead atoms. The van der Waals surface area contributed by atoms with Crippen LogP contribution >= 0.6 is 0 Å². The zero-order valence-corrected chi connectivity index (χ0v) is 14.1. The fourth-order valence-electron chi connectivity index (χ4n) is 2.48. The molecule has 2 aromatic carbocycles. The van der Waals surface area contributed by atoms with Gasteiger partial charge in [-0.25, -0.2) is 13.8 Å². The van der Waals surface area contributed by atoms with Crippen molar-refractivity contribution >= 4 is 17.4 Å². The molecule has 2 N–H and O–H groups in total. The van der Waals surface area contributed by atoms with E-state index in [1.54, 1.807) is 6.07 Å². The number of pyridine rings is 1. The van der Waals surface area contributed by atoms with Crippen molar-refractivity contribution in [1.29, 1.82) is 0 Å². The highest BCUT2D eigenvalue weighted by Crippen LogP contribution is 2.20. The van der Waals surface area contributed by atoms with Gasteiger partial charge in [-0.15, -0.1) is 0 Å². The molecule has 3 rings (SSSR count). The molecule has 4 nitrogen and oxygen atoms in total. The first kappa shape index (κ1) is 17.5. The minimum absolute atomic E-state index is 0.0798. The van der Waals surface area contributed by atoms with Crippen molar-refractivity contribution in [2.24, 2.45) is 0 Å². The molecule has 0 unspecified atom stereocenters. The number of aryl methyl sites for hydroxylation is 1. The minimum atomic E-state index is -0.735. The third kappa shape index (κ3) is 4.42. The Hall–Kier alpha value is -3.28. The van der Waals surface area contributed by atoms with Crippen LogP contribution in [0.4, 0.5) is 20.3 Å². The number of aromatic nitrogens is 1. The van der Waals surface area contributed by atoms with Gasteiger partial charge in [0.2, 0.25) is 0 Å². The van der Waals surface area contributed by atoms with Crippen molar-refractivity contribution in [3.63, 3.8) is 0 Å². The molecule has 0 saturated carbocycles. The molecule has 1 heterocycles. The monoisotopic (exact) mass is 353 g/mol. The van der Waals surface area contributed by atoms with Crippen LogP contribution < -0.4 is 10.6 Å². The maximum absolute atomic E-state index is 13.7. The van der Waals surface area contributed by atoms with Crippen molar-refractivity contribution in [1.82, 2.24) is 10.3 Å². The Morgan fingerprint density at radius 2 is 1.92 bits per heavy atom. The van der Waals surface area contributed by atoms with Crippen LogP contribution in [0.25, 0.3) is 0 Å². The van der Waals surface area contributed by atoms with Crippen LogP contribution in [0.3, 0.4) is 0 Å². The summed E-state index contributed by atoms with van der Waals surface area (Å²) in [5.74, 6) is -1.37. The minimum Gasteiger partial charge on any atom is -0.348 e. The van der Waals surface area contributed by atoms with Gasteiger partial charge in [0, 0.05) is 24.4 Å². The number of rotatable bonds is 5. The summed E-state index contributed by atoms with van der Waals surface area (Å²) >= 11 is 0. The Morgan fingerprint density at radius 3 is 2.69 bits per heavy atom. The van der Waals surface area contributed by atoms with E-state index in [0.29, 0.717) is 17.9 Å². The second kappa shape index (κ2) is 7.74. The van der Waals surface area contributed by atoms with E-state index >= 15 is 0 Å². The van der Waals surface area contributed by atoms with Crippen molar-refractivity contribution < 1.29 is 13.6 Å². The van der Waals surface area contributed by atoms with E-state index in [2.05, 4.69) is 15.6 Å². The summed E-state index contributed by atoms with van der Waals surface area (Å²) in [7, 11) is 0. The summed E-state index contributed by atoms with van der Waals surface area (Å²) in [5, 5.41) is 5.58. The summed E-state index contributed by atoms with van der Waals surface area (Å²) in [6.45, 7) is 2.39. The maximum Gasteiger partial charge on any atom is 0.251 e. The largest absolute Gasteiger partial charge is 0.348 e. The van der Waals surface area contributed by atoms with Gasteiger partial charge in [0.25, 0.3) is 5.91 Å². The summed E-state index contributed by atoms with van der Waals surface area (Å²) in [4.78, 5) is 16.4. The average molecular weight is 353 g/mol. The smallest absolute Gasteiger partial charge is 0.251 e. The molecule has 0 atom stereocenters. The van der Waals surface area contributed by atoms with Gasteiger partial charge >= 0.3 is 0 Å². The first-order valence-electron chi connectivity index (χ1n) is 8.03. The van der Waals surface area contributed by atoms with Crippen LogP contribution in [0.1, 0.15) is 21.5 Å². The Labute approximate surface area is 149 Å². The molecule has 132 valence electrons. The second-order valence-corrected chi connectivity index (χ2v) is 5.85. The number of benzene rings is 2. The lowest BCUT2D eigenvalue weighted by atomic mass is 10.1. The maximum atomic E-state index is 13.7. The number of nitrogens with one attached hydrogen (secondary N) is 2. The highest BCUT2D eigenvalue weighted by molar-refractivity contribution is 5.94. The van der Waals surface area contributed by atoms with Gasteiger partial charge in [-0.2, -0.15) is 0 Å². The number of hydrogen-bond donors (Lipinski definition) is 2. The predicted molar refractivity (Wildman–Crippen MR) is 96.2 cm³/mol. The van der Waals surface area contributed by atoms with Crippen LogP contribution in [-0.4, -0.2) is 10.9 Å². The third-order valence-corrected chi connectivity index (χ3v) is 3.75. The third-order valence-electron chi connectivity index (χ3n) is 3.75. The average Bonchev–Trinajstić information content (AvgIpc) is 2.62. The number of amides is 1. The Balaban J connectivity index is 1.69. The lowest BCUT2D eigenvalue weighted by Gasteiger charge is -2.09. The lowest BCUT2D eigenvalue weighted by molar-refractivity contribution is 0.0951. The number of anilines is 2. The molecule has 0 saturated heterocycles. The fraction of sp³-hybridized carbons (Fsp3) is 0.100. The Bertz CT molecular complexity index is 944. The van der Waals surface area contributed by atoms with Crippen molar-refractivity contribution in [2.75, 3.05) is 5.32 Å². The van der Waals surface area contributed by atoms with Crippen LogP contribution in [0.15, 0.2) is 60.8 Å². The van der Waals surface area contributed by atoms with Crippen molar-refractivity contribution in [3.8, 4) is 0 Å². The van der Waals surface area contributed by atoms with Crippen LogP contribution in [0.2, 0.25) is 0 Å². The quantitative estimate of drug-likeness (QED) is 0.717. The summed E-state index contributed by atoms with van der Waals surface area (Å²) in [6.07, 6.45) is 1.45. The molecule has 0 aliphatic heterocycles. The van der Waals surface area contributed by atoms with E-state index in [-0.39, 0.29) is 11.6 Å². The van der Waals surface area contributed by atoms with Gasteiger partial charge in [0.15, 0.2) is 0 Å². The second-order valence-electron chi connectivity index (χ2n) is 5.85. The Morgan fingerprint density at radius 1 is 1.08 bits per heavy atom. The van der Waals surface area contributed by atoms with Gasteiger partial charge < -0.3 is 10.6 Å².